The first-order valence-corrected chi connectivity index (χ1v) is 20.5. The zero-order chi connectivity index (χ0) is 40.8. The summed E-state index contributed by atoms with van der Waals surface area (Å²) >= 11 is 0. The van der Waals surface area contributed by atoms with E-state index in [4.69, 9.17) is 0 Å². The van der Waals surface area contributed by atoms with Crippen molar-refractivity contribution < 1.29 is 25.2 Å². The molecule has 60 heavy (non-hydrogen) atoms. The molecule has 7 nitrogen and oxygen atoms in total. The maximum atomic E-state index is 10.7. The number of rotatable bonds is 6. The van der Waals surface area contributed by atoms with Crippen LogP contribution in [0.3, 0.4) is 0 Å². The Balaban J connectivity index is 0.000000168. The van der Waals surface area contributed by atoms with Crippen molar-refractivity contribution in [2.75, 3.05) is 23.7 Å². The summed E-state index contributed by atoms with van der Waals surface area (Å²) in [5.41, 5.74) is 14.1. The molecule has 8 aromatic rings. The van der Waals surface area contributed by atoms with Crippen LogP contribution in [0.25, 0.3) is 45.0 Å². The monoisotopic (exact) mass is 962 g/mol. The van der Waals surface area contributed by atoms with Gasteiger partial charge in [0.25, 0.3) is 0 Å². The van der Waals surface area contributed by atoms with Gasteiger partial charge in [-0.15, -0.1) is 24.3 Å². The van der Waals surface area contributed by atoms with Crippen LogP contribution in [0.5, 0.6) is 5.75 Å². The third-order valence-electron chi connectivity index (χ3n) is 11.9. The van der Waals surface area contributed by atoms with Crippen LogP contribution < -0.4 is 20.5 Å². The second kappa shape index (κ2) is 16.9. The van der Waals surface area contributed by atoms with Crippen molar-refractivity contribution in [3.63, 3.8) is 0 Å². The molecule has 10 rings (SSSR count). The van der Waals surface area contributed by atoms with E-state index in [0.29, 0.717) is 11.8 Å². The average Bonchev–Trinajstić information content (AvgIpc) is 3.96. The molecular weight excluding hydrogens is 914 g/mol. The Morgan fingerprint density at radius 3 is 1.65 bits per heavy atom. The van der Waals surface area contributed by atoms with Gasteiger partial charge in [0.05, 0.1) is 5.56 Å². The van der Waals surface area contributed by atoms with Crippen LogP contribution >= 0.6 is 0 Å². The van der Waals surface area contributed by atoms with Gasteiger partial charge in [0.1, 0.15) is 11.6 Å². The molecule has 0 amide bonds. The number of hydrogen-bond acceptors (Lipinski definition) is 5. The van der Waals surface area contributed by atoms with E-state index in [2.05, 4.69) is 180 Å². The van der Waals surface area contributed by atoms with E-state index in [1.54, 1.807) is 6.07 Å². The fourth-order valence-electron chi connectivity index (χ4n) is 9.15. The van der Waals surface area contributed by atoms with E-state index in [1.807, 2.05) is 48.9 Å². The molecule has 2 aromatic heterocycles. The fourth-order valence-corrected chi connectivity index (χ4v) is 9.15. The van der Waals surface area contributed by atoms with Gasteiger partial charge in [-0.2, -0.15) is 0 Å². The van der Waals surface area contributed by atoms with Gasteiger partial charge in [0.2, 0.25) is 0 Å². The molecule has 0 unspecified atom stereocenters. The minimum atomic E-state index is -0.136. The maximum Gasteiger partial charge on any atom is 0.417 e. The summed E-state index contributed by atoms with van der Waals surface area (Å²) in [6.07, 6.45) is 7.81. The second-order valence-corrected chi connectivity index (χ2v) is 16.0. The summed E-state index contributed by atoms with van der Waals surface area (Å²) in [6, 6.07) is 49.6. The molecule has 6 aromatic carbocycles. The van der Waals surface area contributed by atoms with Crippen molar-refractivity contribution in [3.05, 3.63) is 175 Å². The molecule has 0 atom stereocenters. The van der Waals surface area contributed by atoms with Gasteiger partial charge < -0.3 is 23.7 Å². The predicted molar refractivity (Wildman–Crippen MR) is 246 cm³/mol. The molecule has 0 saturated heterocycles. The number of hydrogen-bond donors (Lipinski definition) is 1. The summed E-state index contributed by atoms with van der Waals surface area (Å²) < 4.78 is 4.46. The first-order valence-electron chi connectivity index (χ1n) is 20.5. The Labute approximate surface area is 368 Å². The number of benzene rings is 6. The van der Waals surface area contributed by atoms with E-state index < -0.39 is 0 Å². The Morgan fingerprint density at radius 1 is 0.550 bits per heavy atom. The second-order valence-electron chi connectivity index (χ2n) is 16.0. The quantitative estimate of drug-likeness (QED) is 0.133. The van der Waals surface area contributed by atoms with E-state index in [0.717, 1.165) is 28.5 Å². The average molecular weight is 962 g/mol. The summed E-state index contributed by atoms with van der Waals surface area (Å²) in [4.78, 5) is 13.9. The standard InChI is InChI=1S/C28H22BN3O.C22H25BN3.Ir/c1-31-24-16-9-17-25(33)26(24)28-30-18-19-32(28)29(31)27-22(20-10-4-2-5-11-20)14-8-15-23(27)21-12-6-3-7-13-21;1-15(2)17-10-8-11-18(16(3)4)21(17)23-25(5)20-12-7-6-9-19(20)22-24-13-14-26(22)23;/h2-19,33H,1H3;6-8,10-16H,1-5H3;/q;-1;. The molecule has 10 heteroatoms. The van der Waals surface area contributed by atoms with E-state index in [9.17, 15) is 5.11 Å². The Morgan fingerprint density at radius 2 is 1.05 bits per heavy atom. The number of imidazole rings is 2. The summed E-state index contributed by atoms with van der Waals surface area (Å²) in [5.74, 6) is 2.94. The van der Waals surface area contributed by atoms with E-state index >= 15 is 0 Å². The van der Waals surface area contributed by atoms with Crippen LogP contribution in [0.1, 0.15) is 50.7 Å². The van der Waals surface area contributed by atoms with Gasteiger partial charge in [-0.3, -0.25) is 4.98 Å². The summed E-state index contributed by atoms with van der Waals surface area (Å²) in [5, 5.41) is 10.7. The normalized spacial score (nSPS) is 12.6. The Bertz CT molecular complexity index is 2680. The molecule has 2 aliphatic rings. The number of aromatic hydroxyl groups is 1. The largest absolute Gasteiger partial charge is 0.507 e. The Kier molecular flexibility index (Phi) is 11.4. The van der Waals surface area contributed by atoms with Gasteiger partial charge in [-0.05, 0) is 82.4 Å². The van der Waals surface area contributed by atoms with E-state index in [-0.39, 0.29) is 39.8 Å². The van der Waals surface area contributed by atoms with Crippen molar-refractivity contribution in [1.29, 1.82) is 0 Å². The minimum Gasteiger partial charge on any atom is -0.507 e. The molecule has 4 heterocycles. The molecule has 0 spiro atoms. The van der Waals surface area contributed by atoms with Gasteiger partial charge in [-0.1, -0.05) is 142 Å². The number of anilines is 2. The number of phenolic OH excluding ortho intramolecular Hbond substituents is 1. The van der Waals surface area contributed by atoms with Crippen molar-refractivity contribution in [2.45, 2.75) is 39.5 Å². The molecule has 0 aliphatic carbocycles. The number of aromatic nitrogens is 4. The van der Waals surface area contributed by atoms with Crippen LogP contribution in [0, 0.1) is 6.07 Å². The van der Waals surface area contributed by atoms with Gasteiger partial charge in [0.15, 0.2) is 0 Å². The number of fused-ring (bicyclic) bond motifs is 6. The SMILES string of the molecule is CC(C)c1cccc(C(C)C)c1B1N(C)c2ccc[c-]c2-c2nccn21.CN1B(c2c(-c3ccccc3)cccc2-c2ccccc2)n2ccnc2-c2c(O)cccc21.[Ir]. The van der Waals surface area contributed by atoms with Gasteiger partial charge in [-0.25, -0.2) is 4.98 Å². The van der Waals surface area contributed by atoms with Crippen molar-refractivity contribution in [1.82, 2.24) is 18.9 Å². The van der Waals surface area contributed by atoms with Crippen LogP contribution in [-0.4, -0.2) is 52.1 Å². The van der Waals surface area contributed by atoms with E-state index in [1.165, 1.54) is 50.0 Å². The summed E-state index contributed by atoms with van der Waals surface area (Å²) in [6.45, 7) is 9.09. The van der Waals surface area contributed by atoms with Crippen LogP contribution in [0.4, 0.5) is 11.4 Å². The zero-order valence-corrected chi connectivity index (χ0v) is 37.2. The molecule has 1 N–H and O–H groups in total. The minimum absolute atomic E-state index is 0. The van der Waals surface area contributed by atoms with Crippen molar-refractivity contribution >= 4 is 36.3 Å². The molecular formula is C50H47B2IrN6O-. The first-order chi connectivity index (χ1) is 28.7. The van der Waals surface area contributed by atoms with Gasteiger partial charge in [0, 0.05) is 56.4 Å². The van der Waals surface area contributed by atoms with Crippen molar-refractivity contribution in [3.8, 4) is 50.8 Å². The fraction of sp³-hybridized carbons (Fsp3) is 0.160. The smallest absolute Gasteiger partial charge is 0.417 e. The Hall–Kier alpha value is -6.08. The predicted octanol–water partition coefficient (Wildman–Crippen LogP) is 9.57. The maximum absolute atomic E-state index is 10.7. The molecule has 299 valence electrons. The molecule has 0 fully saturated rings. The number of phenols is 1. The third-order valence-corrected chi connectivity index (χ3v) is 11.9. The van der Waals surface area contributed by atoms with Crippen LogP contribution in [-0.2, 0) is 20.1 Å². The third kappa shape index (κ3) is 6.98. The molecule has 0 bridgehead atoms. The zero-order valence-electron chi connectivity index (χ0n) is 34.8. The summed E-state index contributed by atoms with van der Waals surface area (Å²) in [7, 11) is 4.27. The van der Waals surface area contributed by atoms with Crippen LogP contribution in [0.15, 0.2) is 158 Å². The topological polar surface area (TPSA) is 62.4 Å². The molecule has 0 saturated carbocycles. The molecule has 1 radical (unpaired) electrons. The van der Waals surface area contributed by atoms with Gasteiger partial charge >= 0.3 is 14.0 Å². The van der Waals surface area contributed by atoms with Crippen LogP contribution in [0.2, 0.25) is 0 Å². The first kappa shape index (κ1) is 40.7. The molecule has 2 aliphatic heterocycles. The van der Waals surface area contributed by atoms with Crippen molar-refractivity contribution in [2.24, 2.45) is 0 Å². The number of nitrogens with zero attached hydrogens (tertiary/aromatic N) is 6.